The fourth-order valence-electron chi connectivity index (χ4n) is 2.18. The first-order valence-electron chi connectivity index (χ1n) is 7.39. The molecule has 0 radical (unpaired) electrons. The van der Waals surface area contributed by atoms with Crippen LogP contribution in [-0.2, 0) is 21.2 Å². The van der Waals surface area contributed by atoms with Crippen molar-refractivity contribution >= 4 is 21.4 Å². The normalized spacial score (nSPS) is 15.8. The van der Waals surface area contributed by atoms with E-state index < -0.39 is 10.0 Å². The second-order valence-electron chi connectivity index (χ2n) is 5.16. The average molecular weight is 332 g/mol. The Morgan fingerprint density at radius 2 is 2.19 bits per heavy atom. The number of hydrogen-bond acceptors (Lipinski definition) is 5. The molecule has 1 aromatic heterocycles. The highest BCUT2D eigenvalue weighted by molar-refractivity contribution is 7.91. The second kappa shape index (κ2) is 7.69. The molecular weight excluding hydrogens is 308 g/mol. The van der Waals surface area contributed by atoms with E-state index in [1.54, 1.807) is 17.5 Å². The third kappa shape index (κ3) is 4.50. The predicted octanol–water partition coefficient (Wildman–Crippen LogP) is 1.70. The molecule has 7 heteroatoms. The maximum absolute atomic E-state index is 12.7. The standard InChI is InChI=1S/C14H24N2O3S2/c1-3-15-9-8-13-6-7-14(20-13)21(17,18)16(10-11-19-2)12-4-5-12/h6-7,12,15H,3-5,8-11H2,1-2H3. The highest BCUT2D eigenvalue weighted by Gasteiger charge is 2.38. The largest absolute Gasteiger partial charge is 0.383 e. The summed E-state index contributed by atoms with van der Waals surface area (Å²) < 4.78 is 32.6. The van der Waals surface area contributed by atoms with Crippen molar-refractivity contribution in [2.75, 3.05) is 33.4 Å². The number of methoxy groups -OCH3 is 1. The summed E-state index contributed by atoms with van der Waals surface area (Å²) in [4.78, 5) is 1.11. The molecule has 0 bridgehead atoms. The van der Waals surface area contributed by atoms with E-state index in [1.165, 1.54) is 11.3 Å². The number of thiophene rings is 1. The molecule has 21 heavy (non-hydrogen) atoms. The Hall–Kier alpha value is -0.470. The fourth-order valence-corrected chi connectivity index (χ4v) is 5.33. The highest BCUT2D eigenvalue weighted by Crippen LogP contribution is 2.34. The van der Waals surface area contributed by atoms with Gasteiger partial charge in [0.05, 0.1) is 6.61 Å². The monoisotopic (exact) mass is 332 g/mol. The molecule has 1 saturated carbocycles. The van der Waals surface area contributed by atoms with Crippen LogP contribution >= 0.6 is 11.3 Å². The van der Waals surface area contributed by atoms with E-state index in [1.807, 2.05) is 6.07 Å². The Labute approximate surface area is 131 Å². The van der Waals surface area contributed by atoms with Crippen LogP contribution in [-0.4, -0.2) is 52.1 Å². The lowest BCUT2D eigenvalue weighted by Gasteiger charge is -2.20. The van der Waals surface area contributed by atoms with E-state index in [2.05, 4.69) is 12.2 Å². The van der Waals surface area contributed by atoms with Crippen LogP contribution in [0.1, 0.15) is 24.6 Å². The number of ether oxygens (including phenoxy) is 1. The summed E-state index contributed by atoms with van der Waals surface area (Å²) in [6, 6.07) is 3.83. The summed E-state index contributed by atoms with van der Waals surface area (Å²) in [6.45, 7) is 4.76. The van der Waals surface area contributed by atoms with Crippen LogP contribution in [0.4, 0.5) is 0 Å². The molecule has 0 unspecified atom stereocenters. The minimum atomic E-state index is -3.37. The Morgan fingerprint density at radius 1 is 1.43 bits per heavy atom. The number of rotatable bonds is 10. The average Bonchev–Trinajstić information content (AvgIpc) is 3.16. The van der Waals surface area contributed by atoms with Gasteiger partial charge >= 0.3 is 0 Å². The van der Waals surface area contributed by atoms with Crippen LogP contribution in [0.3, 0.4) is 0 Å². The summed E-state index contributed by atoms with van der Waals surface area (Å²) in [6.07, 6.45) is 2.79. The zero-order valence-electron chi connectivity index (χ0n) is 12.7. The molecule has 1 N–H and O–H groups in total. The van der Waals surface area contributed by atoms with Gasteiger partial charge in [-0.1, -0.05) is 6.92 Å². The van der Waals surface area contributed by atoms with Crippen molar-refractivity contribution in [1.29, 1.82) is 0 Å². The molecule has 1 aliphatic rings. The third-order valence-electron chi connectivity index (χ3n) is 3.47. The molecule has 0 amide bonds. The van der Waals surface area contributed by atoms with Crippen molar-refractivity contribution in [3.05, 3.63) is 17.0 Å². The molecule has 1 aromatic rings. The molecule has 5 nitrogen and oxygen atoms in total. The van der Waals surface area contributed by atoms with Crippen LogP contribution in [0, 0.1) is 0 Å². The number of likely N-dealkylation sites (N-methyl/N-ethyl adjacent to an activating group) is 1. The van der Waals surface area contributed by atoms with E-state index in [9.17, 15) is 8.42 Å². The SMILES string of the molecule is CCNCCc1ccc(S(=O)(=O)N(CCOC)C2CC2)s1. The molecule has 0 saturated heterocycles. The summed E-state index contributed by atoms with van der Waals surface area (Å²) in [5.74, 6) is 0. The number of nitrogens with zero attached hydrogens (tertiary/aromatic N) is 1. The minimum Gasteiger partial charge on any atom is -0.383 e. The lowest BCUT2D eigenvalue weighted by atomic mass is 10.3. The number of nitrogens with one attached hydrogen (secondary N) is 1. The molecule has 0 aromatic carbocycles. The summed E-state index contributed by atoms with van der Waals surface area (Å²) in [7, 11) is -1.77. The van der Waals surface area contributed by atoms with Gasteiger partial charge in [-0.2, -0.15) is 4.31 Å². The quantitative estimate of drug-likeness (QED) is 0.663. The molecule has 120 valence electrons. The molecule has 0 aliphatic heterocycles. The van der Waals surface area contributed by atoms with Crippen molar-refractivity contribution in [3.63, 3.8) is 0 Å². The number of sulfonamides is 1. The van der Waals surface area contributed by atoms with E-state index >= 15 is 0 Å². The van der Waals surface area contributed by atoms with Crippen molar-refractivity contribution in [3.8, 4) is 0 Å². The van der Waals surface area contributed by atoms with Gasteiger partial charge in [0.1, 0.15) is 4.21 Å². The predicted molar refractivity (Wildman–Crippen MR) is 85.4 cm³/mol. The van der Waals surface area contributed by atoms with Crippen molar-refractivity contribution < 1.29 is 13.2 Å². The Kier molecular flexibility index (Phi) is 6.19. The van der Waals surface area contributed by atoms with E-state index in [-0.39, 0.29) is 6.04 Å². The topological polar surface area (TPSA) is 58.6 Å². The third-order valence-corrected chi connectivity index (χ3v) is 7.03. The highest BCUT2D eigenvalue weighted by atomic mass is 32.2. The van der Waals surface area contributed by atoms with Crippen LogP contribution in [0.15, 0.2) is 16.3 Å². The summed E-state index contributed by atoms with van der Waals surface area (Å²) in [5.41, 5.74) is 0. The fraction of sp³-hybridized carbons (Fsp3) is 0.714. The molecule has 0 spiro atoms. The van der Waals surface area contributed by atoms with Crippen LogP contribution in [0.5, 0.6) is 0 Å². The van der Waals surface area contributed by atoms with Crippen molar-refractivity contribution in [2.45, 2.75) is 36.4 Å². The van der Waals surface area contributed by atoms with Gasteiger partial charge in [0.15, 0.2) is 0 Å². The van der Waals surface area contributed by atoms with Crippen LogP contribution in [0.25, 0.3) is 0 Å². The molecule has 1 aliphatic carbocycles. The van der Waals surface area contributed by atoms with Gasteiger partial charge < -0.3 is 10.1 Å². The smallest absolute Gasteiger partial charge is 0.252 e. The minimum absolute atomic E-state index is 0.164. The lowest BCUT2D eigenvalue weighted by Crippen LogP contribution is -2.35. The van der Waals surface area contributed by atoms with Gasteiger partial charge in [0.25, 0.3) is 10.0 Å². The Morgan fingerprint density at radius 3 is 2.81 bits per heavy atom. The summed E-state index contributed by atoms with van der Waals surface area (Å²) in [5, 5.41) is 3.25. The summed E-state index contributed by atoms with van der Waals surface area (Å²) >= 11 is 1.39. The van der Waals surface area contributed by atoms with E-state index in [0.29, 0.717) is 17.4 Å². The van der Waals surface area contributed by atoms with Gasteiger partial charge in [0, 0.05) is 24.6 Å². The van der Waals surface area contributed by atoms with Gasteiger partial charge in [0.2, 0.25) is 0 Å². The van der Waals surface area contributed by atoms with Crippen LogP contribution in [0.2, 0.25) is 0 Å². The van der Waals surface area contributed by atoms with E-state index in [0.717, 1.165) is 37.2 Å². The van der Waals surface area contributed by atoms with Crippen LogP contribution < -0.4 is 5.32 Å². The van der Waals surface area contributed by atoms with Gasteiger partial charge in [-0.15, -0.1) is 11.3 Å². The van der Waals surface area contributed by atoms with Crippen molar-refractivity contribution in [1.82, 2.24) is 9.62 Å². The maximum atomic E-state index is 12.7. The number of hydrogen-bond donors (Lipinski definition) is 1. The van der Waals surface area contributed by atoms with Gasteiger partial charge in [-0.3, -0.25) is 0 Å². The van der Waals surface area contributed by atoms with E-state index in [4.69, 9.17) is 4.74 Å². The first-order chi connectivity index (χ1) is 10.1. The maximum Gasteiger partial charge on any atom is 0.252 e. The lowest BCUT2D eigenvalue weighted by molar-refractivity contribution is 0.177. The Balaban J connectivity index is 2.06. The first kappa shape index (κ1) is 16.9. The van der Waals surface area contributed by atoms with Crippen molar-refractivity contribution in [2.24, 2.45) is 0 Å². The molecular formula is C14H24N2O3S2. The van der Waals surface area contributed by atoms with Gasteiger partial charge in [-0.05, 0) is 44.5 Å². The first-order valence-corrected chi connectivity index (χ1v) is 9.65. The molecule has 1 heterocycles. The zero-order chi connectivity index (χ0) is 15.3. The molecule has 1 fully saturated rings. The molecule has 2 rings (SSSR count). The zero-order valence-corrected chi connectivity index (χ0v) is 14.3. The second-order valence-corrected chi connectivity index (χ2v) is 8.45. The van der Waals surface area contributed by atoms with Gasteiger partial charge in [-0.25, -0.2) is 8.42 Å². The Bertz CT molecular complexity index is 538. The molecule has 0 atom stereocenters.